The second kappa shape index (κ2) is 6.00. The largest absolute Gasteiger partial charge is 0.357 e. The van der Waals surface area contributed by atoms with Crippen LogP contribution < -0.4 is 15.1 Å². The summed E-state index contributed by atoms with van der Waals surface area (Å²) in [7, 11) is 1.84. The third-order valence-electron chi connectivity index (χ3n) is 4.13. The van der Waals surface area contributed by atoms with E-state index in [1.807, 2.05) is 19.3 Å². The zero-order valence-corrected chi connectivity index (χ0v) is 13.8. The molecule has 23 heavy (non-hydrogen) atoms. The molecule has 0 atom stereocenters. The molecule has 1 N–H and O–H groups in total. The summed E-state index contributed by atoms with van der Waals surface area (Å²) in [5.74, 6) is 2.74. The summed E-state index contributed by atoms with van der Waals surface area (Å²) in [5.41, 5.74) is 0. The number of fused-ring (bicyclic) bond motifs is 1. The van der Waals surface area contributed by atoms with Crippen LogP contribution in [0.4, 0.5) is 17.6 Å². The summed E-state index contributed by atoms with van der Waals surface area (Å²) in [6, 6.07) is 6.21. The number of thiophene rings is 1. The highest BCUT2D eigenvalue weighted by molar-refractivity contribution is 7.17. The Bertz CT molecular complexity index is 809. The van der Waals surface area contributed by atoms with Gasteiger partial charge in [0.25, 0.3) is 0 Å². The van der Waals surface area contributed by atoms with Gasteiger partial charge >= 0.3 is 0 Å². The molecule has 0 bridgehead atoms. The van der Waals surface area contributed by atoms with Gasteiger partial charge in [0.05, 0.1) is 0 Å². The Morgan fingerprint density at radius 2 is 1.78 bits per heavy atom. The van der Waals surface area contributed by atoms with E-state index in [0.717, 1.165) is 37.8 Å². The van der Waals surface area contributed by atoms with Gasteiger partial charge in [-0.05, 0) is 23.6 Å². The van der Waals surface area contributed by atoms with Crippen molar-refractivity contribution in [3.63, 3.8) is 0 Å². The zero-order chi connectivity index (χ0) is 15.6. The molecule has 6 nitrogen and oxygen atoms in total. The Labute approximate surface area is 138 Å². The van der Waals surface area contributed by atoms with Gasteiger partial charge in [-0.1, -0.05) is 0 Å². The fraction of sp³-hybridized carbons (Fsp3) is 0.312. The minimum atomic E-state index is 0.662. The molecule has 1 saturated heterocycles. The van der Waals surface area contributed by atoms with Gasteiger partial charge in [0.15, 0.2) is 0 Å². The van der Waals surface area contributed by atoms with E-state index in [2.05, 4.69) is 47.6 Å². The number of anilines is 3. The van der Waals surface area contributed by atoms with Crippen LogP contribution in [-0.4, -0.2) is 48.2 Å². The lowest BCUT2D eigenvalue weighted by molar-refractivity contribution is 0.643. The van der Waals surface area contributed by atoms with Crippen molar-refractivity contribution in [1.82, 2.24) is 15.0 Å². The Balaban J connectivity index is 1.51. The van der Waals surface area contributed by atoms with Gasteiger partial charge < -0.3 is 15.1 Å². The highest BCUT2D eigenvalue weighted by Gasteiger charge is 2.21. The summed E-state index contributed by atoms with van der Waals surface area (Å²) in [6.07, 6.45) is 3.71. The number of hydrogen-bond acceptors (Lipinski definition) is 7. The molecule has 4 heterocycles. The fourth-order valence-electron chi connectivity index (χ4n) is 2.92. The number of pyridine rings is 1. The third-order valence-corrected chi connectivity index (χ3v) is 5.01. The quantitative estimate of drug-likeness (QED) is 0.798. The first-order valence-corrected chi connectivity index (χ1v) is 8.56. The first kappa shape index (κ1) is 14.2. The monoisotopic (exact) mass is 326 g/mol. The molecular weight excluding hydrogens is 308 g/mol. The van der Waals surface area contributed by atoms with Gasteiger partial charge in [0.1, 0.15) is 11.6 Å². The predicted octanol–water partition coefficient (Wildman–Crippen LogP) is 2.45. The Morgan fingerprint density at radius 1 is 1.00 bits per heavy atom. The summed E-state index contributed by atoms with van der Waals surface area (Å²) in [5, 5.41) is 6.38. The van der Waals surface area contributed by atoms with Crippen molar-refractivity contribution in [3.8, 4) is 0 Å². The van der Waals surface area contributed by atoms with Crippen LogP contribution in [0.25, 0.3) is 10.1 Å². The van der Waals surface area contributed by atoms with E-state index in [9.17, 15) is 0 Å². The lowest BCUT2D eigenvalue weighted by Gasteiger charge is -2.36. The highest BCUT2D eigenvalue weighted by Crippen LogP contribution is 2.29. The van der Waals surface area contributed by atoms with Crippen LogP contribution in [0.1, 0.15) is 0 Å². The van der Waals surface area contributed by atoms with E-state index in [0.29, 0.717) is 5.95 Å². The number of piperazine rings is 1. The summed E-state index contributed by atoms with van der Waals surface area (Å²) < 4.78 is 1.30. The zero-order valence-electron chi connectivity index (χ0n) is 12.9. The van der Waals surface area contributed by atoms with E-state index in [1.54, 1.807) is 17.5 Å². The van der Waals surface area contributed by atoms with Crippen LogP contribution >= 0.6 is 11.3 Å². The average Bonchev–Trinajstić information content (AvgIpc) is 3.11. The SMILES string of the molecule is CNc1nccc(N2CCN(c3nccc4sccc34)CC2)n1. The third kappa shape index (κ3) is 2.68. The topological polar surface area (TPSA) is 57.2 Å². The second-order valence-electron chi connectivity index (χ2n) is 5.43. The molecule has 0 radical (unpaired) electrons. The molecule has 1 aliphatic heterocycles. The van der Waals surface area contributed by atoms with Crippen molar-refractivity contribution in [1.29, 1.82) is 0 Å². The minimum Gasteiger partial charge on any atom is -0.357 e. The van der Waals surface area contributed by atoms with Crippen molar-refractivity contribution < 1.29 is 0 Å². The molecule has 7 heteroatoms. The maximum absolute atomic E-state index is 4.61. The number of nitrogens with zero attached hydrogens (tertiary/aromatic N) is 5. The van der Waals surface area contributed by atoms with Gasteiger partial charge in [-0.3, -0.25) is 0 Å². The average molecular weight is 326 g/mol. The molecule has 118 valence electrons. The maximum Gasteiger partial charge on any atom is 0.224 e. The van der Waals surface area contributed by atoms with Crippen molar-refractivity contribution in [2.75, 3.05) is 48.3 Å². The lowest BCUT2D eigenvalue weighted by atomic mass is 10.2. The minimum absolute atomic E-state index is 0.662. The maximum atomic E-state index is 4.61. The molecule has 4 rings (SSSR count). The van der Waals surface area contributed by atoms with Gasteiger partial charge in [0.2, 0.25) is 5.95 Å². The molecule has 0 aliphatic carbocycles. The van der Waals surface area contributed by atoms with Crippen LogP contribution in [0.3, 0.4) is 0 Å². The van der Waals surface area contributed by atoms with Crippen molar-refractivity contribution in [3.05, 3.63) is 36.0 Å². The van der Waals surface area contributed by atoms with Crippen molar-refractivity contribution in [2.45, 2.75) is 0 Å². The van der Waals surface area contributed by atoms with E-state index in [1.165, 1.54) is 10.1 Å². The number of rotatable bonds is 3. The van der Waals surface area contributed by atoms with Crippen LogP contribution in [0.15, 0.2) is 36.0 Å². The van der Waals surface area contributed by atoms with Gasteiger partial charge in [-0.15, -0.1) is 11.3 Å². The molecular formula is C16H18N6S. The van der Waals surface area contributed by atoms with Crippen LogP contribution in [-0.2, 0) is 0 Å². The Hall–Kier alpha value is -2.41. The van der Waals surface area contributed by atoms with E-state index in [-0.39, 0.29) is 0 Å². The number of aromatic nitrogens is 3. The number of hydrogen-bond donors (Lipinski definition) is 1. The van der Waals surface area contributed by atoms with Crippen LogP contribution in [0.5, 0.6) is 0 Å². The van der Waals surface area contributed by atoms with Crippen LogP contribution in [0.2, 0.25) is 0 Å². The molecule has 1 aliphatic rings. The normalized spacial score (nSPS) is 15.2. The van der Waals surface area contributed by atoms with Crippen molar-refractivity contribution >= 4 is 39.0 Å². The first-order valence-electron chi connectivity index (χ1n) is 7.68. The molecule has 0 aromatic carbocycles. The summed E-state index contributed by atoms with van der Waals surface area (Å²) >= 11 is 1.77. The lowest BCUT2D eigenvalue weighted by Crippen LogP contribution is -2.47. The molecule has 1 fully saturated rings. The van der Waals surface area contributed by atoms with E-state index in [4.69, 9.17) is 0 Å². The smallest absolute Gasteiger partial charge is 0.224 e. The van der Waals surface area contributed by atoms with Crippen LogP contribution in [0, 0.1) is 0 Å². The first-order chi connectivity index (χ1) is 11.3. The van der Waals surface area contributed by atoms with Crippen molar-refractivity contribution in [2.24, 2.45) is 0 Å². The number of nitrogens with one attached hydrogen (secondary N) is 1. The molecule has 3 aromatic heterocycles. The Kier molecular flexibility index (Phi) is 3.70. The molecule has 3 aromatic rings. The molecule has 0 unspecified atom stereocenters. The van der Waals surface area contributed by atoms with E-state index >= 15 is 0 Å². The molecule has 0 spiro atoms. The summed E-state index contributed by atoms with van der Waals surface area (Å²) in [4.78, 5) is 18.0. The second-order valence-corrected chi connectivity index (χ2v) is 6.38. The predicted molar refractivity (Wildman–Crippen MR) is 95.6 cm³/mol. The molecule has 0 saturated carbocycles. The van der Waals surface area contributed by atoms with Gasteiger partial charge in [-0.25, -0.2) is 9.97 Å². The molecule has 0 amide bonds. The fourth-order valence-corrected chi connectivity index (χ4v) is 3.70. The standard InChI is InChI=1S/C16H18N6S/c1-17-16-19-6-3-14(20-16)21-7-9-22(10-8-21)15-12-4-11-23-13(12)2-5-18-15/h2-6,11H,7-10H2,1H3,(H,17,19,20). The Morgan fingerprint density at radius 3 is 2.61 bits per heavy atom. The van der Waals surface area contributed by atoms with E-state index < -0.39 is 0 Å². The highest BCUT2D eigenvalue weighted by atomic mass is 32.1. The summed E-state index contributed by atoms with van der Waals surface area (Å²) in [6.45, 7) is 3.76. The van der Waals surface area contributed by atoms with Gasteiger partial charge in [-0.2, -0.15) is 4.98 Å². The van der Waals surface area contributed by atoms with Gasteiger partial charge in [0, 0.05) is 55.7 Å².